The van der Waals surface area contributed by atoms with Gasteiger partial charge in [-0.05, 0) is 32.4 Å². The van der Waals surface area contributed by atoms with Crippen molar-refractivity contribution in [1.82, 2.24) is 5.32 Å². The van der Waals surface area contributed by atoms with E-state index >= 15 is 0 Å². The number of aliphatic carboxylic acids is 1. The number of thioether (sulfide) groups is 1. The summed E-state index contributed by atoms with van der Waals surface area (Å²) in [5.41, 5.74) is 2.26. The molecule has 18 heavy (non-hydrogen) atoms. The number of hydrogen-bond donors (Lipinski definition) is 2. The molecule has 0 spiro atoms. The van der Waals surface area contributed by atoms with Gasteiger partial charge in [0, 0.05) is 4.90 Å². The van der Waals surface area contributed by atoms with Crippen LogP contribution in [0.3, 0.4) is 0 Å². The van der Waals surface area contributed by atoms with Gasteiger partial charge in [0.25, 0.3) is 0 Å². The van der Waals surface area contributed by atoms with Crippen LogP contribution in [0.2, 0.25) is 0 Å². The highest BCUT2D eigenvalue weighted by Gasteiger charge is 2.14. The number of rotatable bonds is 5. The van der Waals surface area contributed by atoms with Crippen molar-refractivity contribution in [2.45, 2.75) is 31.7 Å². The Morgan fingerprint density at radius 1 is 1.39 bits per heavy atom. The largest absolute Gasteiger partial charge is 0.480 e. The number of nitrogens with one attached hydrogen (secondary N) is 1. The van der Waals surface area contributed by atoms with Crippen LogP contribution in [0.5, 0.6) is 0 Å². The van der Waals surface area contributed by atoms with Gasteiger partial charge < -0.3 is 10.4 Å². The molecule has 1 atom stereocenters. The summed E-state index contributed by atoms with van der Waals surface area (Å²) in [7, 11) is 0. The molecule has 98 valence electrons. The summed E-state index contributed by atoms with van der Waals surface area (Å²) in [6, 6.07) is 5.20. The molecule has 1 rings (SSSR count). The van der Waals surface area contributed by atoms with Gasteiger partial charge in [0.2, 0.25) is 5.91 Å². The Hall–Kier alpha value is -1.49. The van der Waals surface area contributed by atoms with E-state index < -0.39 is 12.0 Å². The Labute approximate surface area is 111 Å². The molecule has 1 aromatic rings. The Morgan fingerprint density at radius 2 is 2.06 bits per heavy atom. The number of aryl methyl sites for hydroxylation is 2. The molecule has 0 bridgehead atoms. The van der Waals surface area contributed by atoms with Crippen LogP contribution in [0, 0.1) is 13.8 Å². The van der Waals surface area contributed by atoms with E-state index in [0.717, 1.165) is 16.0 Å². The highest BCUT2D eigenvalue weighted by Crippen LogP contribution is 2.23. The first-order valence-corrected chi connectivity index (χ1v) is 6.61. The second kappa shape index (κ2) is 6.44. The first-order valence-electron chi connectivity index (χ1n) is 5.62. The van der Waals surface area contributed by atoms with E-state index in [1.54, 1.807) is 0 Å². The van der Waals surface area contributed by atoms with Gasteiger partial charge in [0.1, 0.15) is 6.04 Å². The van der Waals surface area contributed by atoms with Gasteiger partial charge in [-0.15, -0.1) is 11.8 Å². The van der Waals surface area contributed by atoms with Crippen LogP contribution >= 0.6 is 11.8 Å². The van der Waals surface area contributed by atoms with Crippen LogP contribution < -0.4 is 5.32 Å². The van der Waals surface area contributed by atoms with E-state index in [1.807, 2.05) is 32.0 Å². The minimum absolute atomic E-state index is 0.224. The molecule has 0 aliphatic carbocycles. The summed E-state index contributed by atoms with van der Waals surface area (Å²) in [5, 5.41) is 11.1. The van der Waals surface area contributed by atoms with Crippen molar-refractivity contribution in [2.75, 3.05) is 5.75 Å². The minimum Gasteiger partial charge on any atom is -0.480 e. The van der Waals surface area contributed by atoms with Crippen molar-refractivity contribution < 1.29 is 14.7 Å². The Bertz CT molecular complexity index is 460. The second-order valence-corrected chi connectivity index (χ2v) is 5.20. The fourth-order valence-corrected chi connectivity index (χ4v) is 2.29. The van der Waals surface area contributed by atoms with E-state index in [4.69, 9.17) is 5.11 Å². The molecular formula is C13H17NO3S. The van der Waals surface area contributed by atoms with Crippen LogP contribution in [0.25, 0.3) is 0 Å². The minimum atomic E-state index is -1.03. The van der Waals surface area contributed by atoms with Crippen molar-refractivity contribution in [3.8, 4) is 0 Å². The quantitative estimate of drug-likeness (QED) is 0.801. The van der Waals surface area contributed by atoms with Crippen molar-refractivity contribution in [3.05, 3.63) is 29.3 Å². The fraction of sp³-hybridized carbons (Fsp3) is 0.385. The van der Waals surface area contributed by atoms with Crippen LogP contribution in [0.15, 0.2) is 23.1 Å². The topological polar surface area (TPSA) is 66.4 Å². The third-order valence-corrected chi connectivity index (χ3v) is 3.61. The van der Waals surface area contributed by atoms with E-state index in [9.17, 15) is 9.59 Å². The molecule has 0 saturated heterocycles. The van der Waals surface area contributed by atoms with Crippen molar-refractivity contribution in [2.24, 2.45) is 0 Å². The molecule has 0 radical (unpaired) electrons. The van der Waals surface area contributed by atoms with Gasteiger partial charge in [0.05, 0.1) is 5.75 Å². The third-order valence-electron chi connectivity index (χ3n) is 2.45. The molecule has 1 amide bonds. The first-order chi connectivity index (χ1) is 8.40. The average molecular weight is 267 g/mol. The zero-order chi connectivity index (χ0) is 13.7. The van der Waals surface area contributed by atoms with E-state index in [2.05, 4.69) is 5.32 Å². The zero-order valence-electron chi connectivity index (χ0n) is 10.7. The number of hydrogen-bond acceptors (Lipinski definition) is 3. The molecule has 4 nitrogen and oxygen atoms in total. The summed E-state index contributed by atoms with van der Waals surface area (Å²) >= 11 is 1.42. The summed E-state index contributed by atoms with van der Waals surface area (Å²) in [4.78, 5) is 23.2. The van der Waals surface area contributed by atoms with Crippen LogP contribution in [-0.2, 0) is 9.59 Å². The average Bonchev–Trinajstić information content (AvgIpc) is 2.30. The molecule has 0 unspecified atom stereocenters. The number of carbonyl (C=O) groups excluding carboxylic acids is 1. The van der Waals surface area contributed by atoms with Gasteiger partial charge in [-0.2, -0.15) is 0 Å². The smallest absolute Gasteiger partial charge is 0.325 e. The molecule has 0 heterocycles. The maximum absolute atomic E-state index is 11.5. The van der Waals surface area contributed by atoms with E-state index in [-0.39, 0.29) is 11.7 Å². The van der Waals surface area contributed by atoms with Crippen LogP contribution in [-0.4, -0.2) is 28.8 Å². The Balaban J connectivity index is 2.52. The lowest BCUT2D eigenvalue weighted by Crippen LogP contribution is -2.39. The predicted molar refractivity (Wildman–Crippen MR) is 71.9 cm³/mol. The molecule has 0 aliphatic heterocycles. The normalized spacial score (nSPS) is 11.9. The van der Waals surface area contributed by atoms with Crippen LogP contribution in [0.4, 0.5) is 0 Å². The summed E-state index contributed by atoms with van der Waals surface area (Å²) in [5.74, 6) is -1.07. The monoisotopic (exact) mass is 267 g/mol. The molecule has 0 aliphatic rings. The van der Waals surface area contributed by atoms with Crippen molar-refractivity contribution in [1.29, 1.82) is 0 Å². The lowest BCUT2D eigenvalue weighted by molar-refractivity contribution is -0.140. The van der Waals surface area contributed by atoms with Crippen molar-refractivity contribution >= 4 is 23.6 Å². The molecule has 0 saturated carbocycles. The Morgan fingerprint density at radius 3 is 2.67 bits per heavy atom. The number of carbonyl (C=O) groups is 2. The van der Waals surface area contributed by atoms with Gasteiger partial charge >= 0.3 is 5.97 Å². The summed E-state index contributed by atoms with van der Waals surface area (Å²) in [6.45, 7) is 5.43. The van der Waals surface area contributed by atoms with Gasteiger partial charge in [-0.25, -0.2) is 0 Å². The van der Waals surface area contributed by atoms with Gasteiger partial charge in [-0.3, -0.25) is 9.59 Å². The standard InChI is InChI=1S/C13H17NO3S/c1-8-4-5-9(2)11(6-8)18-7-12(15)14-10(3)13(16)17/h4-6,10H,7H2,1-3H3,(H,14,15)(H,16,17)/t10-/m0/s1. The highest BCUT2D eigenvalue weighted by molar-refractivity contribution is 8.00. The number of carboxylic acid groups (broad SMARTS) is 1. The lowest BCUT2D eigenvalue weighted by Gasteiger charge is -2.10. The molecule has 0 fully saturated rings. The van der Waals surface area contributed by atoms with Gasteiger partial charge in [-0.1, -0.05) is 17.7 Å². The molecule has 2 N–H and O–H groups in total. The predicted octanol–water partition coefficient (Wildman–Crippen LogP) is 1.98. The fourth-order valence-electron chi connectivity index (χ4n) is 1.35. The third kappa shape index (κ3) is 4.41. The maximum Gasteiger partial charge on any atom is 0.325 e. The van der Waals surface area contributed by atoms with Crippen LogP contribution in [0.1, 0.15) is 18.1 Å². The molecule has 0 aromatic heterocycles. The number of amides is 1. The Kier molecular flexibility index (Phi) is 5.22. The molecule has 1 aromatic carbocycles. The summed E-state index contributed by atoms with van der Waals surface area (Å²) < 4.78 is 0. The molecule has 5 heteroatoms. The highest BCUT2D eigenvalue weighted by atomic mass is 32.2. The van der Waals surface area contributed by atoms with Gasteiger partial charge in [0.15, 0.2) is 0 Å². The lowest BCUT2D eigenvalue weighted by atomic mass is 10.2. The first kappa shape index (κ1) is 14.6. The summed E-state index contributed by atoms with van der Waals surface area (Å²) in [6.07, 6.45) is 0. The second-order valence-electron chi connectivity index (χ2n) is 4.19. The van der Waals surface area contributed by atoms with E-state index in [0.29, 0.717) is 0 Å². The number of carboxylic acids is 1. The number of benzene rings is 1. The molecular weight excluding hydrogens is 250 g/mol. The zero-order valence-corrected chi connectivity index (χ0v) is 11.5. The van der Waals surface area contributed by atoms with Crippen molar-refractivity contribution in [3.63, 3.8) is 0 Å². The maximum atomic E-state index is 11.5. The SMILES string of the molecule is Cc1ccc(C)c(SCC(=O)N[C@@H](C)C(=O)O)c1. The van der Waals surface area contributed by atoms with E-state index in [1.165, 1.54) is 18.7 Å².